The lowest BCUT2D eigenvalue weighted by Gasteiger charge is -2.02. The van der Waals surface area contributed by atoms with Gasteiger partial charge in [0.1, 0.15) is 5.75 Å². The van der Waals surface area contributed by atoms with Crippen LogP contribution in [0.3, 0.4) is 0 Å². The molecule has 1 saturated heterocycles. The van der Waals surface area contributed by atoms with E-state index in [1.54, 1.807) is 18.2 Å². The molecular weight excluding hydrogens is 379 g/mol. The Bertz CT molecular complexity index is 864. The molecule has 1 heterocycles. The predicted molar refractivity (Wildman–Crippen MR) is 105 cm³/mol. The van der Waals surface area contributed by atoms with Crippen LogP contribution in [0.5, 0.6) is 5.75 Å². The van der Waals surface area contributed by atoms with Crippen LogP contribution in [0.25, 0.3) is 6.08 Å². The van der Waals surface area contributed by atoms with Crippen molar-refractivity contribution in [1.29, 1.82) is 0 Å². The van der Waals surface area contributed by atoms with Crippen LogP contribution in [0, 0.1) is 0 Å². The van der Waals surface area contributed by atoms with E-state index in [1.807, 2.05) is 37.3 Å². The average molecular weight is 393 g/mol. The Labute approximate surface area is 159 Å². The summed E-state index contributed by atoms with van der Waals surface area (Å²) < 4.78 is 5.41. The zero-order valence-electron chi connectivity index (χ0n) is 13.3. The molecule has 0 spiro atoms. The van der Waals surface area contributed by atoms with Gasteiger partial charge in [0.2, 0.25) is 0 Å². The molecule has 7 heteroatoms. The minimum atomic E-state index is -0.192. The Morgan fingerprint density at radius 2 is 1.96 bits per heavy atom. The van der Waals surface area contributed by atoms with Gasteiger partial charge in [-0.1, -0.05) is 35.3 Å². The molecule has 0 bridgehead atoms. The summed E-state index contributed by atoms with van der Waals surface area (Å²) in [5, 5.41) is 4.18. The molecule has 1 aliphatic heterocycles. The quantitative estimate of drug-likeness (QED) is 0.719. The highest BCUT2D eigenvalue weighted by atomic mass is 35.5. The summed E-state index contributed by atoms with van der Waals surface area (Å²) in [7, 11) is 0. The van der Waals surface area contributed by atoms with Crippen LogP contribution >= 0.6 is 35.0 Å². The van der Waals surface area contributed by atoms with Gasteiger partial charge in [0.15, 0.2) is 5.17 Å². The Morgan fingerprint density at radius 3 is 2.64 bits per heavy atom. The average Bonchev–Trinajstić information content (AvgIpc) is 2.92. The zero-order valence-corrected chi connectivity index (χ0v) is 15.6. The summed E-state index contributed by atoms with van der Waals surface area (Å²) >= 11 is 13.2. The fourth-order valence-corrected chi connectivity index (χ4v) is 3.43. The van der Waals surface area contributed by atoms with Crippen molar-refractivity contribution in [3.63, 3.8) is 0 Å². The van der Waals surface area contributed by atoms with Gasteiger partial charge >= 0.3 is 0 Å². The van der Waals surface area contributed by atoms with Gasteiger partial charge in [-0.25, -0.2) is 4.99 Å². The van der Waals surface area contributed by atoms with Crippen molar-refractivity contribution in [2.24, 2.45) is 4.99 Å². The molecule has 1 amide bonds. The van der Waals surface area contributed by atoms with E-state index in [0.29, 0.717) is 32.4 Å². The van der Waals surface area contributed by atoms with Crippen molar-refractivity contribution in [2.45, 2.75) is 6.92 Å². The van der Waals surface area contributed by atoms with E-state index in [2.05, 4.69) is 10.3 Å². The van der Waals surface area contributed by atoms with Gasteiger partial charge < -0.3 is 10.1 Å². The molecule has 0 aromatic heterocycles. The third-order valence-corrected chi connectivity index (χ3v) is 4.72. The Kier molecular flexibility index (Phi) is 5.68. The normalized spacial score (nSPS) is 17.2. The van der Waals surface area contributed by atoms with Gasteiger partial charge in [-0.05, 0) is 60.7 Å². The fraction of sp³-hybridized carbons (Fsp3) is 0.111. The zero-order chi connectivity index (χ0) is 17.8. The predicted octanol–water partition coefficient (Wildman–Crippen LogP) is 5.28. The van der Waals surface area contributed by atoms with Crippen molar-refractivity contribution in [2.75, 3.05) is 6.61 Å². The lowest BCUT2D eigenvalue weighted by Crippen LogP contribution is -2.19. The highest BCUT2D eigenvalue weighted by Crippen LogP contribution is 2.32. The third-order valence-electron chi connectivity index (χ3n) is 3.27. The first-order valence-corrected chi connectivity index (χ1v) is 9.10. The Morgan fingerprint density at radius 1 is 1.20 bits per heavy atom. The van der Waals surface area contributed by atoms with Crippen LogP contribution in [0.1, 0.15) is 12.5 Å². The minimum absolute atomic E-state index is 0.192. The van der Waals surface area contributed by atoms with Gasteiger partial charge in [0.25, 0.3) is 5.91 Å². The summed E-state index contributed by atoms with van der Waals surface area (Å²) in [5.74, 6) is 0.607. The number of amides is 1. The van der Waals surface area contributed by atoms with Gasteiger partial charge in [-0.2, -0.15) is 0 Å². The maximum atomic E-state index is 12.1. The second kappa shape index (κ2) is 7.95. The highest BCUT2D eigenvalue weighted by molar-refractivity contribution is 8.18. The van der Waals surface area contributed by atoms with E-state index >= 15 is 0 Å². The topological polar surface area (TPSA) is 50.7 Å². The van der Waals surface area contributed by atoms with E-state index < -0.39 is 0 Å². The molecule has 0 radical (unpaired) electrons. The summed E-state index contributed by atoms with van der Waals surface area (Å²) in [4.78, 5) is 17.1. The van der Waals surface area contributed by atoms with Crippen molar-refractivity contribution in [3.05, 3.63) is 63.0 Å². The number of halogens is 2. The number of rotatable bonds is 4. The first-order valence-electron chi connectivity index (χ1n) is 7.52. The standard InChI is InChI=1S/C18H14Cl2N2O2S/c1-2-24-13-6-3-11(4-7-13)9-16-17(23)22-18(25-16)21-15-8-5-12(19)10-14(15)20/h3-10H,2H2,1H3,(H,21,22,23)/b16-9-. The summed E-state index contributed by atoms with van der Waals surface area (Å²) in [6.45, 7) is 2.55. The Balaban J connectivity index is 1.78. The molecule has 4 nitrogen and oxygen atoms in total. The summed E-state index contributed by atoms with van der Waals surface area (Å²) in [5.41, 5.74) is 1.46. The van der Waals surface area contributed by atoms with Crippen molar-refractivity contribution >= 4 is 57.8 Å². The van der Waals surface area contributed by atoms with E-state index in [-0.39, 0.29) is 5.91 Å². The number of benzene rings is 2. The molecule has 25 heavy (non-hydrogen) atoms. The molecule has 0 unspecified atom stereocenters. The van der Waals surface area contributed by atoms with Crippen LogP contribution in [0.2, 0.25) is 10.0 Å². The second-order valence-electron chi connectivity index (χ2n) is 5.08. The first-order chi connectivity index (χ1) is 12.0. The van der Waals surface area contributed by atoms with Gasteiger partial charge in [-0.3, -0.25) is 4.79 Å². The molecule has 2 aromatic rings. The number of carbonyl (C=O) groups excluding carboxylic acids is 1. The maximum Gasteiger partial charge on any atom is 0.264 e. The summed E-state index contributed by atoms with van der Waals surface area (Å²) in [6.07, 6.45) is 1.81. The molecule has 1 fully saturated rings. The van der Waals surface area contributed by atoms with Crippen LogP contribution in [0.15, 0.2) is 52.4 Å². The molecule has 0 aliphatic carbocycles. The first kappa shape index (κ1) is 17.9. The maximum absolute atomic E-state index is 12.1. The largest absolute Gasteiger partial charge is 0.494 e. The van der Waals surface area contributed by atoms with E-state index in [4.69, 9.17) is 27.9 Å². The number of ether oxygens (including phenoxy) is 1. The molecule has 0 atom stereocenters. The molecule has 1 N–H and O–H groups in total. The molecular formula is C18H14Cl2N2O2S. The lowest BCUT2D eigenvalue weighted by atomic mass is 10.2. The number of nitrogens with zero attached hydrogens (tertiary/aromatic N) is 1. The SMILES string of the molecule is CCOc1ccc(/C=C2\SC(=Nc3ccc(Cl)cc3Cl)NC2=O)cc1. The molecule has 2 aromatic carbocycles. The van der Waals surface area contributed by atoms with Crippen LogP contribution in [-0.2, 0) is 4.79 Å². The van der Waals surface area contributed by atoms with Crippen LogP contribution < -0.4 is 10.1 Å². The van der Waals surface area contributed by atoms with Crippen molar-refractivity contribution in [1.82, 2.24) is 5.32 Å². The number of thioether (sulfide) groups is 1. The van der Waals surface area contributed by atoms with E-state index in [0.717, 1.165) is 11.3 Å². The van der Waals surface area contributed by atoms with E-state index in [9.17, 15) is 4.79 Å². The number of aliphatic imine (C=N–C) groups is 1. The second-order valence-corrected chi connectivity index (χ2v) is 6.95. The molecule has 128 valence electrons. The molecule has 0 saturated carbocycles. The monoisotopic (exact) mass is 392 g/mol. The fourth-order valence-electron chi connectivity index (χ4n) is 2.14. The van der Waals surface area contributed by atoms with Gasteiger partial charge in [0, 0.05) is 5.02 Å². The van der Waals surface area contributed by atoms with Gasteiger partial charge in [0.05, 0.1) is 22.2 Å². The minimum Gasteiger partial charge on any atom is -0.494 e. The number of hydrogen-bond donors (Lipinski definition) is 1. The Hall–Kier alpha value is -1.95. The molecule has 3 rings (SSSR count). The number of carbonyl (C=O) groups is 1. The highest BCUT2D eigenvalue weighted by Gasteiger charge is 2.24. The van der Waals surface area contributed by atoms with Crippen LogP contribution in [0.4, 0.5) is 5.69 Å². The smallest absolute Gasteiger partial charge is 0.264 e. The third kappa shape index (κ3) is 4.57. The van der Waals surface area contributed by atoms with Gasteiger partial charge in [-0.15, -0.1) is 0 Å². The van der Waals surface area contributed by atoms with E-state index in [1.165, 1.54) is 11.8 Å². The molecule has 1 aliphatic rings. The summed E-state index contributed by atoms with van der Waals surface area (Å²) in [6, 6.07) is 12.6. The number of nitrogens with one attached hydrogen (secondary N) is 1. The van der Waals surface area contributed by atoms with Crippen molar-refractivity contribution < 1.29 is 9.53 Å². The lowest BCUT2D eigenvalue weighted by molar-refractivity contribution is -0.115. The van der Waals surface area contributed by atoms with Crippen LogP contribution in [-0.4, -0.2) is 17.7 Å². The number of hydrogen-bond acceptors (Lipinski definition) is 4. The van der Waals surface area contributed by atoms with Crippen molar-refractivity contribution in [3.8, 4) is 5.75 Å². The number of amidine groups is 1.